The molecule has 126 valence electrons. The lowest BCUT2D eigenvalue weighted by atomic mass is 10.1. The van der Waals surface area contributed by atoms with Crippen molar-refractivity contribution in [2.45, 2.75) is 0 Å². The first kappa shape index (κ1) is 17.1. The third-order valence-electron chi connectivity index (χ3n) is 3.73. The van der Waals surface area contributed by atoms with Crippen LogP contribution >= 0.6 is 11.6 Å². The number of carbonyl (C=O) groups is 1. The van der Waals surface area contributed by atoms with E-state index in [4.69, 9.17) is 16.3 Å². The molecule has 1 amide bonds. The molecule has 0 atom stereocenters. The van der Waals surface area contributed by atoms with Crippen molar-refractivity contribution in [1.29, 1.82) is 0 Å². The molecule has 0 aliphatic rings. The van der Waals surface area contributed by atoms with Crippen molar-refractivity contribution in [3.63, 3.8) is 0 Å². The lowest BCUT2D eigenvalue weighted by Gasteiger charge is -2.09. The lowest BCUT2D eigenvalue weighted by molar-refractivity contribution is -0.116. The van der Waals surface area contributed by atoms with Gasteiger partial charge in [-0.2, -0.15) is 0 Å². The van der Waals surface area contributed by atoms with Crippen LogP contribution in [-0.4, -0.2) is 19.1 Å². The molecule has 0 bridgehead atoms. The van der Waals surface area contributed by atoms with Crippen molar-refractivity contribution < 1.29 is 9.53 Å². The molecule has 0 spiro atoms. The summed E-state index contributed by atoms with van der Waals surface area (Å²) in [6.45, 7) is 0.828. The number of hydrogen-bond donors (Lipinski definition) is 1. The Morgan fingerprint density at radius 3 is 2.64 bits per heavy atom. The molecule has 0 saturated heterocycles. The topological polar surface area (TPSA) is 38.3 Å². The van der Waals surface area contributed by atoms with Gasteiger partial charge in [0.05, 0.1) is 6.54 Å². The van der Waals surface area contributed by atoms with Crippen LogP contribution in [0.15, 0.2) is 72.8 Å². The zero-order valence-corrected chi connectivity index (χ0v) is 14.4. The van der Waals surface area contributed by atoms with Crippen molar-refractivity contribution in [1.82, 2.24) is 5.32 Å². The first-order chi connectivity index (χ1) is 12.2. The Bertz CT molecular complexity index is 900. The Hall–Kier alpha value is -2.78. The second kappa shape index (κ2) is 8.36. The van der Waals surface area contributed by atoms with Gasteiger partial charge in [0.1, 0.15) is 12.4 Å². The van der Waals surface area contributed by atoms with E-state index in [1.54, 1.807) is 12.1 Å². The molecule has 25 heavy (non-hydrogen) atoms. The molecule has 0 fully saturated rings. The predicted octanol–water partition coefficient (Wildman–Crippen LogP) is 4.70. The van der Waals surface area contributed by atoms with Crippen molar-refractivity contribution in [3.05, 3.63) is 83.4 Å². The van der Waals surface area contributed by atoms with Gasteiger partial charge in [-0.05, 0) is 29.2 Å². The summed E-state index contributed by atoms with van der Waals surface area (Å²) in [6, 6.07) is 21.4. The van der Waals surface area contributed by atoms with Gasteiger partial charge in [-0.1, -0.05) is 66.2 Å². The zero-order valence-electron chi connectivity index (χ0n) is 13.6. The second-order valence-corrected chi connectivity index (χ2v) is 5.88. The Kier molecular flexibility index (Phi) is 5.70. The van der Waals surface area contributed by atoms with Gasteiger partial charge in [0.2, 0.25) is 5.91 Å². The first-order valence-electron chi connectivity index (χ1n) is 8.05. The van der Waals surface area contributed by atoms with E-state index >= 15 is 0 Å². The molecule has 3 nitrogen and oxygen atoms in total. The fourth-order valence-electron chi connectivity index (χ4n) is 2.49. The maximum absolute atomic E-state index is 11.9. The standard InChI is InChI=1S/C21H18ClNO2/c22-19-10-4-2-7-17(19)12-13-21(24)23-14-15-25-20-11-5-8-16-6-1-3-9-18(16)20/h1-13H,14-15H2,(H,23,24)/b13-12+. The zero-order chi connectivity index (χ0) is 17.5. The van der Waals surface area contributed by atoms with E-state index in [0.29, 0.717) is 18.2 Å². The minimum atomic E-state index is -0.179. The molecular weight excluding hydrogens is 334 g/mol. The number of nitrogens with one attached hydrogen (secondary N) is 1. The third kappa shape index (κ3) is 4.61. The molecule has 0 aliphatic heterocycles. The van der Waals surface area contributed by atoms with Crippen LogP contribution in [0, 0.1) is 0 Å². The SMILES string of the molecule is O=C(/C=C/c1ccccc1Cl)NCCOc1cccc2ccccc12. The number of ether oxygens (including phenoxy) is 1. The highest BCUT2D eigenvalue weighted by atomic mass is 35.5. The van der Waals surface area contributed by atoms with E-state index in [-0.39, 0.29) is 5.91 Å². The van der Waals surface area contributed by atoms with Crippen LogP contribution in [0.25, 0.3) is 16.8 Å². The summed E-state index contributed by atoms with van der Waals surface area (Å²) in [5.74, 6) is 0.639. The largest absolute Gasteiger partial charge is 0.491 e. The highest BCUT2D eigenvalue weighted by Crippen LogP contribution is 2.24. The molecule has 1 N–H and O–H groups in total. The molecule has 0 unspecified atom stereocenters. The van der Waals surface area contributed by atoms with Crippen molar-refractivity contribution in [3.8, 4) is 5.75 Å². The summed E-state index contributed by atoms with van der Waals surface area (Å²) in [6.07, 6.45) is 3.17. The average molecular weight is 352 g/mol. The molecular formula is C21H18ClNO2. The molecule has 3 aromatic rings. The van der Waals surface area contributed by atoms with Crippen LogP contribution in [-0.2, 0) is 4.79 Å². The molecule has 0 heterocycles. The molecule has 0 radical (unpaired) electrons. The van der Waals surface area contributed by atoms with E-state index in [1.807, 2.05) is 60.7 Å². The van der Waals surface area contributed by atoms with Gasteiger partial charge >= 0.3 is 0 Å². The predicted molar refractivity (Wildman–Crippen MR) is 103 cm³/mol. The van der Waals surface area contributed by atoms with E-state index in [0.717, 1.165) is 22.1 Å². The maximum atomic E-state index is 11.9. The summed E-state index contributed by atoms with van der Waals surface area (Å²) in [5, 5.41) is 5.61. The molecule has 3 rings (SSSR count). The molecule has 0 aromatic heterocycles. The monoisotopic (exact) mass is 351 g/mol. The Labute approximate surface area is 151 Å². The summed E-state index contributed by atoms with van der Waals surface area (Å²) in [7, 11) is 0. The van der Waals surface area contributed by atoms with Crippen LogP contribution < -0.4 is 10.1 Å². The molecule has 3 aromatic carbocycles. The molecule has 0 aliphatic carbocycles. The van der Waals surface area contributed by atoms with Crippen molar-refractivity contribution in [2.75, 3.05) is 13.2 Å². The molecule has 0 saturated carbocycles. The number of halogens is 1. The minimum absolute atomic E-state index is 0.179. The van der Waals surface area contributed by atoms with E-state index in [9.17, 15) is 4.79 Å². The summed E-state index contributed by atoms with van der Waals surface area (Å²) in [4.78, 5) is 11.9. The number of amides is 1. The van der Waals surface area contributed by atoms with Gasteiger partial charge in [0, 0.05) is 16.5 Å². The van der Waals surface area contributed by atoms with E-state index in [1.165, 1.54) is 6.08 Å². The normalized spacial score (nSPS) is 10.9. The van der Waals surface area contributed by atoms with Crippen molar-refractivity contribution >= 4 is 34.4 Å². The fraction of sp³-hybridized carbons (Fsp3) is 0.0952. The lowest BCUT2D eigenvalue weighted by Crippen LogP contribution is -2.26. The Balaban J connectivity index is 1.50. The van der Waals surface area contributed by atoms with Crippen LogP contribution in [0.5, 0.6) is 5.75 Å². The minimum Gasteiger partial charge on any atom is -0.491 e. The number of rotatable bonds is 6. The van der Waals surface area contributed by atoms with Crippen LogP contribution in [0.2, 0.25) is 5.02 Å². The van der Waals surface area contributed by atoms with Crippen LogP contribution in [0.1, 0.15) is 5.56 Å². The summed E-state index contributed by atoms with van der Waals surface area (Å²) >= 11 is 6.05. The number of carbonyl (C=O) groups excluding carboxylic acids is 1. The molecule has 4 heteroatoms. The summed E-state index contributed by atoms with van der Waals surface area (Å²) < 4.78 is 5.79. The van der Waals surface area contributed by atoms with Crippen LogP contribution in [0.3, 0.4) is 0 Å². The van der Waals surface area contributed by atoms with E-state index in [2.05, 4.69) is 5.32 Å². The number of hydrogen-bond acceptors (Lipinski definition) is 2. The van der Waals surface area contributed by atoms with Gasteiger partial charge in [0.25, 0.3) is 0 Å². The van der Waals surface area contributed by atoms with Gasteiger partial charge in [-0.15, -0.1) is 0 Å². The summed E-state index contributed by atoms with van der Waals surface area (Å²) in [5.41, 5.74) is 0.811. The highest BCUT2D eigenvalue weighted by molar-refractivity contribution is 6.32. The second-order valence-electron chi connectivity index (χ2n) is 5.47. The highest BCUT2D eigenvalue weighted by Gasteiger charge is 2.02. The fourth-order valence-corrected chi connectivity index (χ4v) is 2.69. The van der Waals surface area contributed by atoms with Gasteiger partial charge in [-0.3, -0.25) is 4.79 Å². The van der Waals surface area contributed by atoms with Gasteiger partial charge in [-0.25, -0.2) is 0 Å². The van der Waals surface area contributed by atoms with E-state index < -0.39 is 0 Å². The number of benzene rings is 3. The van der Waals surface area contributed by atoms with Crippen LogP contribution in [0.4, 0.5) is 0 Å². The Morgan fingerprint density at radius 1 is 1.00 bits per heavy atom. The number of fused-ring (bicyclic) bond motifs is 1. The smallest absolute Gasteiger partial charge is 0.244 e. The van der Waals surface area contributed by atoms with Crippen molar-refractivity contribution in [2.24, 2.45) is 0 Å². The van der Waals surface area contributed by atoms with Gasteiger partial charge < -0.3 is 10.1 Å². The first-order valence-corrected chi connectivity index (χ1v) is 8.43. The van der Waals surface area contributed by atoms with Gasteiger partial charge in [0.15, 0.2) is 0 Å². The average Bonchev–Trinajstić information content (AvgIpc) is 2.64. The quantitative estimate of drug-likeness (QED) is 0.516. The third-order valence-corrected chi connectivity index (χ3v) is 4.07. The Morgan fingerprint density at radius 2 is 1.76 bits per heavy atom. The maximum Gasteiger partial charge on any atom is 0.244 e.